The Hall–Kier alpha value is -3.88. The molecular weight excluding hydrogens is 614 g/mol. The molecule has 0 aromatic rings. The zero-order chi connectivity index (χ0) is 36.1. The van der Waals surface area contributed by atoms with E-state index in [1.165, 1.54) is 0 Å². The summed E-state index contributed by atoms with van der Waals surface area (Å²) in [4.78, 5) is 104. The summed E-state index contributed by atoms with van der Waals surface area (Å²) in [6, 6.07) is -9.07. The summed E-state index contributed by atoms with van der Waals surface area (Å²) < 4.78 is 0. The van der Waals surface area contributed by atoms with Gasteiger partial charge in [-0.3, -0.25) is 43.4 Å². The highest BCUT2D eigenvalue weighted by molar-refractivity contribution is 6.18. The minimum absolute atomic E-state index is 0.0280. The number of unbranched alkanes of at least 4 members (excludes halogenated alkanes) is 1. The molecule has 0 aliphatic rings. The van der Waals surface area contributed by atoms with Gasteiger partial charge in [-0.05, 0) is 45.1 Å². The summed E-state index contributed by atoms with van der Waals surface area (Å²) in [6.45, 7) is 2.44. The van der Waals surface area contributed by atoms with Crippen LogP contribution in [0.2, 0.25) is 0 Å². The molecule has 0 rings (SSSR count). The highest BCUT2D eigenvalue weighted by atomic mass is 16.4. The van der Waals surface area contributed by atoms with Crippen LogP contribution < -0.4 is 28.7 Å². The Labute approximate surface area is 265 Å². The van der Waals surface area contributed by atoms with Crippen LogP contribution in [-0.4, -0.2) is 126 Å². The molecule has 19 heteroatoms. The number of nitrogens with two attached hydrogens (primary N) is 5. The summed E-state index contributed by atoms with van der Waals surface area (Å²) in [5.41, 5.74) is 25.7. The number of aliphatic carboxylic acids is 3. The fourth-order valence-electron chi connectivity index (χ4n) is 4.67. The Bertz CT molecular complexity index is 1150. The van der Waals surface area contributed by atoms with E-state index in [4.69, 9.17) is 38.9 Å². The van der Waals surface area contributed by atoms with E-state index in [1.54, 1.807) is 0 Å². The normalized spacial score (nSPS) is 15.9. The standard InChI is InChI=1S/C27H47N7O12/c1-13(2)27(26(45)46,21(40)15(29)7-9-19(36)37)34(25(44)17(31)8-10-20(38)39)22(41)14(3)33(24(43)18(32)12-35)23(42)16(30)6-4-5-11-28/h13-18,35H,4-12,28-32H2,1-3H3,(H,36,37)(H,38,39)(H,45,46). The van der Waals surface area contributed by atoms with Crippen molar-refractivity contribution in [2.45, 2.75) is 101 Å². The number of ketones is 1. The van der Waals surface area contributed by atoms with Crippen LogP contribution in [-0.2, 0) is 38.4 Å². The molecule has 0 bridgehead atoms. The van der Waals surface area contributed by atoms with Crippen LogP contribution in [0.1, 0.15) is 65.7 Å². The molecule has 262 valence electrons. The molecule has 0 saturated heterocycles. The number of Topliss-reactive ketones (excluding diaryl/α,β-unsaturated/α-hetero) is 1. The first kappa shape index (κ1) is 42.1. The Morgan fingerprint density at radius 1 is 0.652 bits per heavy atom. The Kier molecular flexibility index (Phi) is 17.3. The van der Waals surface area contributed by atoms with Crippen LogP contribution in [0.25, 0.3) is 0 Å². The Morgan fingerprint density at radius 2 is 1.11 bits per heavy atom. The van der Waals surface area contributed by atoms with Crippen molar-refractivity contribution in [1.29, 1.82) is 0 Å². The smallest absolute Gasteiger partial charge is 0.338 e. The predicted octanol–water partition coefficient (Wildman–Crippen LogP) is -3.71. The van der Waals surface area contributed by atoms with Crippen LogP contribution in [0.15, 0.2) is 0 Å². The van der Waals surface area contributed by atoms with Gasteiger partial charge in [0.15, 0.2) is 5.78 Å². The summed E-state index contributed by atoms with van der Waals surface area (Å²) >= 11 is 0. The van der Waals surface area contributed by atoms with Crippen molar-refractivity contribution in [3.63, 3.8) is 0 Å². The van der Waals surface area contributed by atoms with E-state index < -0.39 is 121 Å². The maximum atomic E-state index is 14.3. The highest BCUT2D eigenvalue weighted by Crippen LogP contribution is 2.32. The molecule has 14 N–H and O–H groups in total. The highest BCUT2D eigenvalue weighted by Gasteiger charge is 2.60. The van der Waals surface area contributed by atoms with Gasteiger partial charge in [0.1, 0.15) is 12.1 Å². The molecule has 0 aliphatic heterocycles. The zero-order valence-corrected chi connectivity index (χ0v) is 26.2. The molecule has 19 nitrogen and oxygen atoms in total. The van der Waals surface area contributed by atoms with Crippen molar-refractivity contribution in [2.75, 3.05) is 13.2 Å². The van der Waals surface area contributed by atoms with Gasteiger partial charge in [0.25, 0.3) is 5.91 Å². The molecule has 0 aromatic carbocycles. The number of hydrogen-bond acceptors (Lipinski definition) is 14. The van der Waals surface area contributed by atoms with E-state index in [9.17, 15) is 48.6 Å². The fourth-order valence-corrected chi connectivity index (χ4v) is 4.67. The maximum Gasteiger partial charge on any atom is 0.338 e. The van der Waals surface area contributed by atoms with Gasteiger partial charge in [0, 0.05) is 12.8 Å². The van der Waals surface area contributed by atoms with Crippen LogP contribution in [0, 0.1) is 5.92 Å². The van der Waals surface area contributed by atoms with E-state index in [-0.39, 0.29) is 22.8 Å². The van der Waals surface area contributed by atoms with Crippen LogP contribution in [0.3, 0.4) is 0 Å². The van der Waals surface area contributed by atoms with Crippen LogP contribution >= 0.6 is 0 Å². The third kappa shape index (κ3) is 10.3. The summed E-state index contributed by atoms with van der Waals surface area (Å²) in [5, 5.41) is 38.2. The fraction of sp³-hybridized carbons (Fsp3) is 0.704. The van der Waals surface area contributed by atoms with E-state index in [1.807, 2.05) is 0 Å². The molecular formula is C27H47N7O12. The number of nitrogens with zero attached hydrogens (tertiary/aromatic N) is 2. The molecule has 0 spiro atoms. The zero-order valence-electron chi connectivity index (χ0n) is 26.2. The maximum absolute atomic E-state index is 14.3. The van der Waals surface area contributed by atoms with Crippen molar-refractivity contribution >= 4 is 47.3 Å². The van der Waals surface area contributed by atoms with Crippen molar-refractivity contribution < 1.29 is 58.8 Å². The van der Waals surface area contributed by atoms with Gasteiger partial charge >= 0.3 is 17.9 Å². The van der Waals surface area contributed by atoms with Gasteiger partial charge in [-0.25, -0.2) is 4.79 Å². The Morgan fingerprint density at radius 3 is 1.52 bits per heavy atom. The predicted molar refractivity (Wildman–Crippen MR) is 159 cm³/mol. The van der Waals surface area contributed by atoms with Gasteiger partial charge in [0.05, 0.1) is 24.7 Å². The van der Waals surface area contributed by atoms with Crippen LogP contribution in [0.4, 0.5) is 0 Å². The molecule has 46 heavy (non-hydrogen) atoms. The number of carbonyl (C=O) groups excluding carboxylic acids is 5. The molecule has 0 aromatic heterocycles. The van der Waals surface area contributed by atoms with Crippen LogP contribution in [0.5, 0.6) is 0 Å². The number of aliphatic hydroxyl groups is 1. The molecule has 6 atom stereocenters. The van der Waals surface area contributed by atoms with E-state index in [0.717, 1.165) is 20.8 Å². The second-order valence-corrected chi connectivity index (χ2v) is 11.1. The lowest BCUT2D eigenvalue weighted by atomic mass is 9.76. The number of carboxylic acid groups (broad SMARTS) is 3. The summed E-state index contributed by atoms with van der Waals surface area (Å²) in [6.07, 6.45) is -1.93. The van der Waals surface area contributed by atoms with E-state index in [0.29, 0.717) is 12.8 Å². The minimum Gasteiger partial charge on any atom is -0.481 e. The first-order valence-electron chi connectivity index (χ1n) is 14.5. The molecule has 0 heterocycles. The number of rotatable bonds is 21. The monoisotopic (exact) mass is 661 g/mol. The minimum atomic E-state index is -3.19. The van der Waals surface area contributed by atoms with Gasteiger partial charge in [-0.1, -0.05) is 20.3 Å². The van der Waals surface area contributed by atoms with E-state index >= 15 is 0 Å². The van der Waals surface area contributed by atoms with Crippen molar-refractivity contribution in [1.82, 2.24) is 9.80 Å². The molecule has 0 aliphatic carbocycles. The van der Waals surface area contributed by atoms with Gasteiger partial charge in [0.2, 0.25) is 23.3 Å². The number of aliphatic hydroxyl groups excluding tert-OH is 1. The molecule has 4 amide bonds. The third-order valence-corrected chi connectivity index (χ3v) is 7.34. The molecule has 0 radical (unpaired) electrons. The Balaban J connectivity index is 7.49. The van der Waals surface area contributed by atoms with Gasteiger partial charge in [-0.2, -0.15) is 0 Å². The lowest BCUT2D eigenvalue weighted by Crippen LogP contribution is -2.73. The number of hydrogen-bond donors (Lipinski definition) is 9. The van der Waals surface area contributed by atoms with Gasteiger partial charge in [-0.15, -0.1) is 0 Å². The van der Waals surface area contributed by atoms with E-state index in [2.05, 4.69) is 0 Å². The number of imide groups is 2. The third-order valence-electron chi connectivity index (χ3n) is 7.34. The van der Waals surface area contributed by atoms with Crippen molar-refractivity contribution in [2.24, 2.45) is 34.6 Å². The van der Waals surface area contributed by atoms with Crippen molar-refractivity contribution in [3.05, 3.63) is 0 Å². The lowest BCUT2D eigenvalue weighted by Gasteiger charge is -2.44. The first-order valence-corrected chi connectivity index (χ1v) is 14.5. The number of carbonyl (C=O) groups is 8. The van der Waals surface area contributed by atoms with Gasteiger partial charge < -0.3 is 49.1 Å². The molecule has 6 unspecified atom stereocenters. The molecule has 0 saturated carbocycles. The quantitative estimate of drug-likeness (QED) is 0.0422. The second-order valence-electron chi connectivity index (χ2n) is 11.1. The molecule has 0 fully saturated rings. The number of carboxylic acids is 3. The SMILES string of the molecule is CC(C(=O)N(C(=O)C(N)CCC(=O)O)C(C(=O)O)(C(=O)C(N)CCC(=O)O)C(C)C)N(C(=O)C(N)CO)C(=O)C(N)CCCCN. The largest absolute Gasteiger partial charge is 0.481 e. The summed E-state index contributed by atoms with van der Waals surface area (Å²) in [7, 11) is 0. The number of amides is 4. The average molecular weight is 662 g/mol. The lowest BCUT2D eigenvalue weighted by molar-refractivity contribution is -0.178. The van der Waals surface area contributed by atoms with Crippen molar-refractivity contribution in [3.8, 4) is 0 Å². The topological polar surface area (TPSA) is 354 Å². The summed E-state index contributed by atoms with van der Waals surface area (Å²) in [5.74, 6) is -13.6. The average Bonchev–Trinajstić information content (AvgIpc) is 2.98. The second kappa shape index (κ2) is 18.9. The first-order chi connectivity index (χ1) is 21.2.